The quantitative estimate of drug-likeness (QED) is 0.877. The van der Waals surface area contributed by atoms with E-state index in [4.69, 9.17) is 4.74 Å². The van der Waals surface area contributed by atoms with Crippen molar-refractivity contribution in [3.05, 3.63) is 22.4 Å². The molecule has 0 aromatic carbocycles. The lowest BCUT2D eigenvalue weighted by Gasteiger charge is -2.34. The van der Waals surface area contributed by atoms with Crippen molar-refractivity contribution in [3.63, 3.8) is 0 Å². The van der Waals surface area contributed by atoms with Gasteiger partial charge in [0.15, 0.2) is 0 Å². The van der Waals surface area contributed by atoms with E-state index in [-0.39, 0.29) is 18.2 Å². The zero-order valence-corrected chi connectivity index (χ0v) is 11.9. The van der Waals surface area contributed by atoms with E-state index in [1.807, 2.05) is 10.3 Å². The summed E-state index contributed by atoms with van der Waals surface area (Å²) in [5.41, 5.74) is 1.17. The van der Waals surface area contributed by atoms with Crippen molar-refractivity contribution in [2.24, 2.45) is 0 Å². The molecule has 1 amide bonds. The number of ether oxygens (including phenoxy) is 1. The summed E-state index contributed by atoms with van der Waals surface area (Å²) in [6, 6.07) is 2.07. The summed E-state index contributed by atoms with van der Waals surface area (Å²) >= 11 is 1.66. The summed E-state index contributed by atoms with van der Waals surface area (Å²) in [5, 5.41) is 7.41. The lowest BCUT2D eigenvalue weighted by Crippen LogP contribution is -2.47. The Kier molecular flexibility index (Phi) is 3.83. The van der Waals surface area contributed by atoms with Crippen molar-refractivity contribution in [2.45, 2.75) is 12.3 Å². The molecule has 2 atom stereocenters. The minimum absolute atomic E-state index is 0.00887. The molecule has 2 aliphatic heterocycles. The van der Waals surface area contributed by atoms with Crippen LogP contribution in [-0.2, 0) is 9.53 Å². The fourth-order valence-electron chi connectivity index (χ4n) is 2.67. The van der Waals surface area contributed by atoms with Gasteiger partial charge in [0.1, 0.15) is 6.17 Å². The maximum Gasteiger partial charge on any atom is 0.238 e. The van der Waals surface area contributed by atoms with Crippen molar-refractivity contribution < 1.29 is 9.53 Å². The molecule has 5 nitrogen and oxygen atoms in total. The number of hydrogen-bond acceptors (Lipinski definition) is 5. The van der Waals surface area contributed by atoms with Crippen molar-refractivity contribution >= 4 is 17.2 Å². The fraction of sp³-hybridized carbons (Fsp3) is 0.615. The zero-order chi connectivity index (χ0) is 13.2. The topological polar surface area (TPSA) is 44.8 Å². The molecule has 1 N–H and O–H groups in total. The van der Waals surface area contributed by atoms with Gasteiger partial charge in [-0.15, -0.1) is 0 Å². The molecule has 104 valence electrons. The molecule has 1 aromatic heterocycles. The predicted molar refractivity (Wildman–Crippen MR) is 74.0 cm³/mol. The third-order valence-electron chi connectivity index (χ3n) is 3.68. The van der Waals surface area contributed by atoms with E-state index in [1.165, 1.54) is 5.56 Å². The Hall–Kier alpha value is -0.950. The Morgan fingerprint density at radius 2 is 2.47 bits per heavy atom. The van der Waals surface area contributed by atoms with E-state index in [2.05, 4.69) is 28.7 Å². The summed E-state index contributed by atoms with van der Waals surface area (Å²) in [4.78, 5) is 16.2. The average Bonchev–Trinajstić information content (AvgIpc) is 3.01. The van der Waals surface area contributed by atoms with Gasteiger partial charge in [0.2, 0.25) is 5.91 Å². The maximum atomic E-state index is 12.0. The second kappa shape index (κ2) is 5.58. The molecule has 1 aromatic rings. The molecule has 0 saturated carbocycles. The highest BCUT2D eigenvalue weighted by atomic mass is 32.1. The van der Waals surface area contributed by atoms with Gasteiger partial charge in [0.05, 0.1) is 25.8 Å². The highest BCUT2D eigenvalue weighted by Crippen LogP contribution is 2.25. The molecule has 0 radical (unpaired) electrons. The first kappa shape index (κ1) is 13.1. The molecule has 2 fully saturated rings. The van der Waals surface area contributed by atoms with Crippen molar-refractivity contribution in [1.82, 2.24) is 15.1 Å². The van der Waals surface area contributed by atoms with Crippen LogP contribution in [0, 0.1) is 0 Å². The van der Waals surface area contributed by atoms with Gasteiger partial charge in [0, 0.05) is 13.1 Å². The molecule has 0 spiro atoms. The monoisotopic (exact) mass is 281 g/mol. The number of carbonyl (C=O) groups is 1. The maximum absolute atomic E-state index is 12.0. The fourth-order valence-corrected chi connectivity index (χ4v) is 3.35. The average molecular weight is 281 g/mol. The van der Waals surface area contributed by atoms with Gasteiger partial charge in [-0.1, -0.05) is 0 Å². The molecule has 19 heavy (non-hydrogen) atoms. The molecule has 2 saturated heterocycles. The van der Waals surface area contributed by atoms with E-state index in [9.17, 15) is 4.79 Å². The summed E-state index contributed by atoms with van der Waals surface area (Å²) in [7, 11) is 2.09. The summed E-state index contributed by atoms with van der Waals surface area (Å²) in [5.74, 6) is 0.160. The smallest absolute Gasteiger partial charge is 0.238 e. The van der Waals surface area contributed by atoms with Crippen LogP contribution in [-0.4, -0.2) is 61.6 Å². The molecule has 6 heteroatoms. The first-order chi connectivity index (χ1) is 9.24. The van der Waals surface area contributed by atoms with E-state index in [1.54, 1.807) is 11.3 Å². The van der Waals surface area contributed by atoms with Crippen LogP contribution >= 0.6 is 11.3 Å². The largest absolute Gasteiger partial charge is 0.374 e. The van der Waals surface area contributed by atoms with E-state index in [0.29, 0.717) is 13.1 Å². The Bertz CT molecular complexity index is 437. The van der Waals surface area contributed by atoms with Crippen LogP contribution in [0.4, 0.5) is 0 Å². The first-order valence-electron chi connectivity index (χ1n) is 6.59. The van der Waals surface area contributed by atoms with Crippen LogP contribution in [0.5, 0.6) is 0 Å². The molecule has 3 heterocycles. The number of morpholine rings is 1. The van der Waals surface area contributed by atoms with Crippen LogP contribution in [0.1, 0.15) is 11.7 Å². The third-order valence-corrected chi connectivity index (χ3v) is 4.38. The lowest BCUT2D eigenvalue weighted by atomic mass is 10.2. The Morgan fingerprint density at radius 3 is 3.21 bits per heavy atom. The molecular formula is C13H19N3O2S. The molecule has 2 aliphatic rings. The van der Waals surface area contributed by atoms with Gasteiger partial charge in [-0.3, -0.25) is 10.1 Å². The molecular weight excluding hydrogens is 262 g/mol. The highest BCUT2D eigenvalue weighted by molar-refractivity contribution is 7.07. The van der Waals surface area contributed by atoms with Crippen molar-refractivity contribution in [2.75, 3.05) is 39.8 Å². The second-order valence-corrected chi connectivity index (χ2v) is 5.92. The number of nitrogens with one attached hydrogen (secondary N) is 1. The van der Waals surface area contributed by atoms with Crippen LogP contribution in [0.3, 0.4) is 0 Å². The number of likely N-dealkylation sites (N-methyl/N-ethyl adjacent to an activating group) is 1. The van der Waals surface area contributed by atoms with E-state index >= 15 is 0 Å². The molecule has 0 aliphatic carbocycles. The summed E-state index contributed by atoms with van der Waals surface area (Å²) in [6.45, 7) is 3.69. The normalized spacial score (nSPS) is 29.1. The number of hydrogen-bond donors (Lipinski definition) is 1. The van der Waals surface area contributed by atoms with Crippen LogP contribution < -0.4 is 5.32 Å². The number of amides is 1. The van der Waals surface area contributed by atoms with Crippen molar-refractivity contribution in [3.8, 4) is 0 Å². The van der Waals surface area contributed by atoms with E-state index < -0.39 is 0 Å². The van der Waals surface area contributed by atoms with Gasteiger partial charge in [-0.2, -0.15) is 11.3 Å². The van der Waals surface area contributed by atoms with Crippen LogP contribution in [0.15, 0.2) is 16.8 Å². The predicted octanol–water partition coefficient (Wildman–Crippen LogP) is 0.509. The first-order valence-corrected chi connectivity index (χ1v) is 7.53. The minimum Gasteiger partial charge on any atom is -0.374 e. The van der Waals surface area contributed by atoms with Gasteiger partial charge < -0.3 is 14.5 Å². The van der Waals surface area contributed by atoms with Gasteiger partial charge in [-0.05, 0) is 29.4 Å². The summed E-state index contributed by atoms with van der Waals surface area (Å²) in [6.07, 6.45) is 0.123. The lowest BCUT2D eigenvalue weighted by molar-refractivity contribution is -0.131. The Balaban J connectivity index is 1.68. The van der Waals surface area contributed by atoms with Crippen LogP contribution in [0.2, 0.25) is 0 Å². The SMILES string of the molecule is CN1CCOC(CN2C(=O)CNC2c2ccsc2)C1. The summed E-state index contributed by atoms with van der Waals surface area (Å²) < 4.78 is 5.76. The Labute approximate surface area is 117 Å². The highest BCUT2D eigenvalue weighted by Gasteiger charge is 2.34. The van der Waals surface area contributed by atoms with Gasteiger partial charge in [0.25, 0.3) is 0 Å². The molecule has 2 unspecified atom stereocenters. The number of rotatable bonds is 3. The number of nitrogens with zero attached hydrogens (tertiary/aromatic N) is 2. The molecule has 3 rings (SSSR count). The van der Waals surface area contributed by atoms with Crippen LogP contribution in [0.25, 0.3) is 0 Å². The zero-order valence-electron chi connectivity index (χ0n) is 11.0. The van der Waals surface area contributed by atoms with E-state index in [0.717, 1.165) is 19.7 Å². The van der Waals surface area contributed by atoms with Crippen molar-refractivity contribution in [1.29, 1.82) is 0 Å². The standard InChI is InChI=1S/C13H19N3O2S/c1-15-3-4-18-11(7-15)8-16-12(17)6-14-13(16)10-2-5-19-9-10/h2,5,9,11,13-14H,3-4,6-8H2,1H3. The number of carbonyl (C=O) groups excluding carboxylic acids is 1. The Morgan fingerprint density at radius 1 is 1.58 bits per heavy atom. The molecule has 0 bridgehead atoms. The third kappa shape index (κ3) is 2.81. The second-order valence-electron chi connectivity index (χ2n) is 5.14. The minimum atomic E-state index is 0.00887. The number of thiophene rings is 1. The van der Waals surface area contributed by atoms with Gasteiger partial charge in [-0.25, -0.2) is 0 Å². The van der Waals surface area contributed by atoms with Gasteiger partial charge >= 0.3 is 0 Å².